The quantitative estimate of drug-likeness (QED) is 0.381. The van der Waals surface area contributed by atoms with Gasteiger partial charge >= 0.3 is 16.2 Å². The highest BCUT2D eigenvalue weighted by atomic mass is 32.2. The highest BCUT2D eigenvalue weighted by molar-refractivity contribution is 7.91. The molecular weight excluding hydrogens is 516 g/mol. The lowest BCUT2D eigenvalue weighted by molar-refractivity contribution is -0.121. The Morgan fingerprint density at radius 2 is 1.56 bits per heavy atom. The minimum Gasteiger partial charge on any atom is -0.497 e. The van der Waals surface area contributed by atoms with Gasteiger partial charge in [-0.15, -0.1) is 0 Å². The molecule has 0 radical (unpaired) electrons. The number of nitrogens with zero attached hydrogens (tertiary/aromatic N) is 1. The van der Waals surface area contributed by atoms with Gasteiger partial charge in [0.15, 0.2) is 0 Å². The van der Waals surface area contributed by atoms with Gasteiger partial charge < -0.3 is 15.0 Å². The van der Waals surface area contributed by atoms with Crippen LogP contribution in [-0.4, -0.2) is 40.1 Å². The lowest BCUT2D eigenvalue weighted by Gasteiger charge is -2.26. The molecule has 0 aromatic heterocycles. The van der Waals surface area contributed by atoms with E-state index in [0.29, 0.717) is 23.5 Å². The summed E-state index contributed by atoms with van der Waals surface area (Å²) in [5, 5.41) is 2.67. The molecule has 1 aliphatic carbocycles. The number of anilines is 2. The lowest BCUT2D eigenvalue weighted by atomic mass is 9.87. The molecule has 3 N–H and O–H groups in total. The zero-order valence-electron chi connectivity index (χ0n) is 22.7. The Kier molecular flexibility index (Phi) is 7.61. The summed E-state index contributed by atoms with van der Waals surface area (Å²) in [7, 11) is -1.09. The third-order valence-corrected chi connectivity index (χ3v) is 7.83. The molecule has 0 bridgehead atoms. The Labute approximate surface area is 229 Å². The molecular formula is C29H34N4O5S. The number of likely N-dealkylation sites (N-methyl/N-ethyl adjacent to an activating group) is 1. The predicted molar refractivity (Wildman–Crippen MR) is 152 cm³/mol. The van der Waals surface area contributed by atoms with Gasteiger partial charge in [0.05, 0.1) is 12.8 Å². The molecule has 4 rings (SSSR count). The Morgan fingerprint density at radius 3 is 2.13 bits per heavy atom. The first kappa shape index (κ1) is 28.0. The first-order chi connectivity index (χ1) is 18.3. The van der Waals surface area contributed by atoms with Crippen LogP contribution in [0.4, 0.5) is 16.2 Å². The molecule has 2 atom stereocenters. The molecule has 1 fully saturated rings. The molecule has 3 aromatic rings. The van der Waals surface area contributed by atoms with Crippen LogP contribution in [0.25, 0.3) is 0 Å². The van der Waals surface area contributed by atoms with Crippen molar-refractivity contribution in [1.82, 2.24) is 10.0 Å². The summed E-state index contributed by atoms with van der Waals surface area (Å²) < 4.78 is 35.0. The second kappa shape index (κ2) is 10.6. The van der Waals surface area contributed by atoms with Gasteiger partial charge in [0, 0.05) is 18.7 Å². The smallest absolute Gasteiger partial charge is 0.330 e. The van der Waals surface area contributed by atoms with Crippen molar-refractivity contribution in [3.8, 4) is 5.75 Å². The molecule has 0 heterocycles. The van der Waals surface area contributed by atoms with E-state index in [4.69, 9.17) is 4.74 Å². The third kappa shape index (κ3) is 6.34. The SMILES string of the molecule is COc1ccc(N(C)C(=O)[C@]2(NC(=O)NS(=O)(=O)Nc3ccc(C(C)(C)C)cc3)CC2c2ccccc2)cc1. The predicted octanol–water partition coefficient (Wildman–Crippen LogP) is 4.54. The average Bonchev–Trinajstić information content (AvgIpc) is 3.62. The number of carbonyl (C=O) groups excluding carboxylic acids is 2. The van der Waals surface area contributed by atoms with E-state index in [-0.39, 0.29) is 17.2 Å². The molecule has 10 heteroatoms. The van der Waals surface area contributed by atoms with Crippen LogP contribution in [-0.2, 0) is 20.4 Å². The summed E-state index contributed by atoms with van der Waals surface area (Å²) >= 11 is 0. The first-order valence-electron chi connectivity index (χ1n) is 12.5. The maximum Gasteiger partial charge on any atom is 0.330 e. The Hall–Kier alpha value is -4.05. The van der Waals surface area contributed by atoms with Crippen molar-refractivity contribution >= 4 is 33.5 Å². The zero-order valence-corrected chi connectivity index (χ0v) is 23.5. The van der Waals surface area contributed by atoms with E-state index >= 15 is 0 Å². The van der Waals surface area contributed by atoms with Crippen molar-refractivity contribution in [2.24, 2.45) is 0 Å². The number of urea groups is 1. The topological polar surface area (TPSA) is 117 Å². The molecule has 39 heavy (non-hydrogen) atoms. The van der Waals surface area contributed by atoms with Gasteiger partial charge in [-0.25, -0.2) is 9.52 Å². The lowest BCUT2D eigenvalue weighted by Crippen LogP contribution is -2.55. The summed E-state index contributed by atoms with van der Waals surface area (Å²) in [5.41, 5.74) is 1.42. The summed E-state index contributed by atoms with van der Waals surface area (Å²) in [6.07, 6.45) is 0.325. The van der Waals surface area contributed by atoms with Crippen molar-refractivity contribution in [1.29, 1.82) is 0 Å². The first-order valence-corrected chi connectivity index (χ1v) is 14.0. The number of methoxy groups -OCH3 is 1. The van der Waals surface area contributed by atoms with Crippen LogP contribution in [0.1, 0.15) is 44.2 Å². The van der Waals surface area contributed by atoms with Gasteiger partial charge in [0.25, 0.3) is 5.91 Å². The summed E-state index contributed by atoms with van der Waals surface area (Å²) in [6.45, 7) is 6.17. The van der Waals surface area contributed by atoms with E-state index in [2.05, 4.69) is 30.8 Å². The van der Waals surface area contributed by atoms with E-state index in [9.17, 15) is 18.0 Å². The van der Waals surface area contributed by atoms with Crippen molar-refractivity contribution in [2.75, 3.05) is 23.8 Å². The van der Waals surface area contributed by atoms with Crippen LogP contribution in [0.3, 0.4) is 0 Å². The Balaban J connectivity index is 1.51. The minimum absolute atomic E-state index is 0.0884. The van der Waals surface area contributed by atoms with Gasteiger partial charge in [-0.3, -0.25) is 9.52 Å². The molecule has 1 saturated carbocycles. The average molecular weight is 551 g/mol. The van der Waals surface area contributed by atoms with Crippen molar-refractivity contribution in [3.05, 3.63) is 90.0 Å². The number of hydrogen-bond donors (Lipinski definition) is 3. The summed E-state index contributed by atoms with van der Waals surface area (Å²) in [4.78, 5) is 28.2. The van der Waals surface area contributed by atoms with Gasteiger partial charge in [-0.2, -0.15) is 8.42 Å². The van der Waals surface area contributed by atoms with E-state index < -0.39 is 21.8 Å². The van der Waals surface area contributed by atoms with Crippen LogP contribution in [0, 0.1) is 0 Å². The van der Waals surface area contributed by atoms with Gasteiger partial charge in [0.1, 0.15) is 11.3 Å². The molecule has 206 valence electrons. The second-order valence-electron chi connectivity index (χ2n) is 10.7. The highest BCUT2D eigenvalue weighted by Crippen LogP contribution is 2.52. The number of hydrogen-bond acceptors (Lipinski definition) is 5. The highest BCUT2D eigenvalue weighted by Gasteiger charge is 2.63. The van der Waals surface area contributed by atoms with Crippen LogP contribution < -0.4 is 24.4 Å². The molecule has 1 unspecified atom stereocenters. The Bertz CT molecular complexity index is 1440. The number of ether oxygens (including phenoxy) is 1. The maximum atomic E-state index is 13.8. The fourth-order valence-corrected chi connectivity index (χ4v) is 5.36. The van der Waals surface area contributed by atoms with E-state index in [1.807, 2.05) is 47.2 Å². The van der Waals surface area contributed by atoms with Gasteiger partial charge in [0.2, 0.25) is 0 Å². The standard InChI is InChI=1S/C29H34N4O5S/c1-28(2,3)21-11-13-22(14-12-21)31-39(36,37)32-27(35)30-29(19-25(29)20-9-7-6-8-10-20)26(34)33(4)23-15-17-24(38-5)18-16-23/h6-18,25,31H,19H2,1-5H3,(H2,30,32,35)/t25?,29-/m0/s1. The Morgan fingerprint density at radius 1 is 0.949 bits per heavy atom. The van der Waals surface area contributed by atoms with Crippen molar-refractivity contribution < 1.29 is 22.7 Å². The fraction of sp³-hybridized carbons (Fsp3) is 0.310. The van der Waals surface area contributed by atoms with Gasteiger partial charge in [-0.1, -0.05) is 63.2 Å². The van der Waals surface area contributed by atoms with E-state index in [1.165, 1.54) is 4.90 Å². The van der Waals surface area contributed by atoms with Crippen molar-refractivity contribution in [2.45, 2.75) is 44.1 Å². The normalized spacial score (nSPS) is 18.5. The van der Waals surface area contributed by atoms with Crippen LogP contribution in [0.15, 0.2) is 78.9 Å². The van der Waals surface area contributed by atoms with Crippen molar-refractivity contribution in [3.63, 3.8) is 0 Å². The molecule has 0 spiro atoms. The number of rotatable bonds is 8. The molecule has 3 aromatic carbocycles. The summed E-state index contributed by atoms with van der Waals surface area (Å²) in [6, 6.07) is 22.2. The maximum absolute atomic E-state index is 13.8. The van der Waals surface area contributed by atoms with E-state index in [0.717, 1.165) is 11.1 Å². The fourth-order valence-electron chi connectivity index (χ4n) is 4.57. The third-order valence-electron chi connectivity index (χ3n) is 6.88. The monoisotopic (exact) mass is 550 g/mol. The molecule has 9 nitrogen and oxygen atoms in total. The number of carbonyl (C=O) groups is 2. The van der Waals surface area contributed by atoms with Crippen LogP contribution >= 0.6 is 0 Å². The largest absolute Gasteiger partial charge is 0.497 e. The van der Waals surface area contributed by atoms with Crippen LogP contribution in [0.2, 0.25) is 0 Å². The minimum atomic E-state index is -4.27. The van der Waals surface area contributed by atoms with E-state index in [1.54, 1.807) is 50.6 Å². The molecule has 0 aliphatic heterocycles. The number of amides is 3. The number of benzene rings is 3. The number of nitrogens with one attached hydrogen (secondary N) is 3. The molecule has 0 saturated heterocycles. The van der Waals surface area contributed by atoms with Crippen LogP contribution in [0.5, 0.6) is 5.75 Å². The second-order valence-corrected chi connectivity index (χ2v) is 12.1. The molecule has 1 aliphatic rings. The molecule has 3 amide bonds. The zero-order chi connectivity index (χ0) is 28.4. The summed E-state index contributed by atoms with van der Waals surface area (Å²) in [5.74, 6) is -0.0378. The van der Waals surface area contributed by atoms with Gasteiger partial charge in [-0.05, 0) is 59.4 Å².